The first-order valence-corrected chi connectivity index (χ1v) is 11.8. The van der Waals surface area contributed by atoms with Crippen molar-refractivity contribution in [2.75, 3.05) is 0 Å². The zero-order valence-corrected chi connectivity index (χ0v) is 19.9. The van der Waals surface area contributed by atoms with Crippen LogP contribution in [0, 0.1) is 6.92 Å². The number of H-pyrrole nitrogens is 1. The Labute approximate surface area is 210 Å². The predicted molar refractivity (Wildman–Crippen MR) is 132 cm³/mol. The summed E-state index contributed by atoms with van der Waals surface area (Å²) in [6.45, 7) is 2.19. The first-order valence-electron chi connectivity index (χ1n) is 11.8. The Balaban J connectivity index is 1.11. The maximum absolute atomic E-state index is 13.0. The molecule has 2 aromatic carbocycles. The summed E-state index contributed by atoms with van der Waals surface area (Å²) < 4.78 is 5.65. The van der Waals surface area contributed by atoms with E-state index in [0.717, 1.165) is 51.8 Å². The van der Waals surface area contributed by atoms with E-state index >= 15 is 0 Å². The van der Waals surface area contributed by atoms with Gasteiger partial charge in [0.25, 0.3) is 11.8 Å². The van der Waals surface area contributed by atoms with Crippen LogP contribution in [0.1, 0.15) is 55.9 Å². The summed E-state index contributed by atoms with van der Waals surface area (Å²) in [5.74, 6) is 0.596. The van der Waals surface area contributed by atoms with Gasteiger partial charge in [0.1, 0.15) is 29.1 Å². The summed E-state index contributed by atoms with van der Waals surface area (Å²) in [4.78, 5) is 33.8. The molecule has 0 fully saturated rings. The van der Waals surface area contributed by atoms with Crippen LogP contribution in [0.25, 0.3) is 22.4 Å². The predicted octanol–water partition coefficient (Wildman–Crippen LogP) is 3.06. The second kappa shape index (κ2) is 9.26. The normalized spacial score (nSPS) is 14.5. The van der Waals surface area contributed by atoms with Crippen molar-refractivity contribution < 1.29 is 14.0 Å². The van der Waals surface area contributed by atoms with Crippen LogP contribution in [0.15, 0.2) is 59.3 Å². The molecule has 37 heavy (non-hydrogen) atoms. The molecule has 0 spiro atoms. The molecule has 11 heteroatoms. The van der Waals surface area contributed by atoms with Crippen molar-refractivity contribution in [3.63, 3.8) is 0 Å². The standard InChI is InChI=1S/C26H22N8O3/c1-14-8-17-3-2-15(9-23(17)37-14)12-27-25(35)21-11-22(29-13-28-21)26(36)30-20-7-5-16-10-18(4-6-19(16)20)24-31-33-34-32-24/h2-4,6,8-11,13,20H,5,7,12H2,1H3,(H,27,35)(H,30,36)(H,31,32,33,34)/t20-/m0/s1. The van der Waals surface area contributed by atoms with E-state index in [2.05, 4.69) is 41.2 Å². The molecule has 0 saturated carbocycles. The number of fused-ring (bicyclic) bond motifs is 2. The average Bonchev–Trinajstić information content (AvgIpc) is 3.66. The van der Waals surface area contributed by atoms with Gasteiger partial charge < -0.3 is 15.1 Å². The molecule has 1 aliphatic carbocycles. The zero-order valence-electron chi connectivity index (χ0n) is 19.9. The fraction of sp³-hybridized carbons (Fsp3) is 0.192. The van der Waals surface area contributed by atoms with Gasteiger partial charge in [-0.2, -0.15) is 5.21 Å². The second-order valence-electron chi connectivity index (χ2n) is 8.91. The largest absolute Gasteiger partial charge is 0.461 e. The number of tetrazole rings is 1. The number of aromatic amines is 1. The highest BCUT2D eigenvalue weighted by atomic mass is 16.3. The summed E-state index contributed by atoms with van der Waals surface area (Å²) in [6, 6.07) is 14.9. The van der Waals surface area contributed by atoms with Gasteiger partial charge in [-0.15, -0.1) is 10.2 Å². The van der Waals surface area contributed by atoms with Crippen molar-refractivity contribution in [2.45, 2.75) is 32.4 Å². The smallest absolute Gasteiger partial charge is 0.270 e. The number of aromatic nitrogens is 6. The topological polar surface area (TPSA) is 152 Å². The van der Waals surface area contributed by atoms with E-state index in [0.29, 0.717) is 12.4 Å². The van der Waals surface area contributed by atoms with Crippen molar-refractivity contribution in [1.29, 1.82) is 0 Å². The summed E-state index contributed by atoms with van der Waals surface area (Å²) in [5.41, 5.74) is 4.94. The lowest BCUT2D eigenvalue weighted by molar-refractivity contribution is 0.0931. The summed E-state index contributed by atoms with van der Waals surface area (Å²) in [7, 11) is 0. The van der Waals surface area contributed by atoms with Crippen molar-refractivity contribution in [3.8, 4) is 11.4 Å². The number of amides is 2. The summed E-state index contributed by atoms with van der Waals surface area (Å²) >= 11 is 0. The third-order valence-electron chi connectivity index (χ3n) is 6.42. The molecule has 0 aliphatic heterocycles. The van der Waals surface area contributed by atoms with Crippen LogP contribution in [-0.4, -0.2) is 42.4 Å². The molecule has 2 amide bonds. The van der Waals surface area contributed by atoms with Gasteiger partial charge in [0.2, 0.25) is 5.82 Å². The van der Waals surface area contributed by atoms with Gasteiger partial charge in [0, 0.05) is 23.6 Å². The van der Waals surface area contributed by atoms with Gasteiger partial charge in [0.15, 0.2) is 0 Å². The molecular formula is C26H22N8O3. The van der Waals surface area contributed by atoms with Crippen molar-refractivity contribution in [2.24, 2.45) is 0 Å². The highest BCUT2D eigenvalue weighted by Crippen LogP contribution is 2.33. The van der Waals surface area contributed by atoms with Gasteiger partial charge in [-0.25, -0.2) is 9.97 Å². The number of benzene rings is 2. The number of nitrogens with zero attached hydrogens (tertiary/aromatic N) is 5. The summed E-state index contributed by atoms with van der Waals surface area (Å²) in [6.07, 6.45) is 2.79. The van der Waals surface area contributed by atoms with E-state index in [1.807, 2.05) is 49.4 Å². The van der Waals surface area contributed by atoms with E-state index in [9.17, 15) is 9.59 Å². The summed E-state index contributed by atoms with van der Waals surface area (Å²) in [5, 5.41) is 21.0. The van der Waals surface area contributed by atoms with Gasteiger partial charge in [-0.1, -0.05) is 24.3 Å². The van der Waals surface area contributed by atoms with Gasteiger partial charge >= 0.3 is 0 Å². The molecule has 1 atom stereocenters. The van der Waals surface area contributed by atoms with E-state index in [-0.39, 0.29) is 23.3 Å². The molecular weight excluding hydrogens is 472 g/mol. The maximum atomic E-state index is 13.0. The van der Waals surface area contributed by atoms with Crippen molar-refractivity contribution >= 4 is 22.8 Å². The molecule has 11 nitrogen and oxygen atoms in total. The van der Waals surface area contributed by atoms with Crippen LogP contribution in [-0.2, 0) is 13.0 Å². The first-order chi connectivity index (χ1) is 18.0. The van der Waals surface area contributed by atoms with Crippen molar-refractivity contribution in [1.82, 2.24) is 41.2 Å². The Kier molecular flexibility index (Phi) is 5.64. The molecule has 0 radical (unpaired) electrons. The molecule has 5 aromatic rings. The molecule has 6 rings (SSSR count). The highest BCUT2D eigenvalue weighted by Gasteiger charge is 2.26. The van der Waals surface area contributed by atoms with Gasteiger partial charge in [-0.3, -0.25) is 9.59 Å². The fourth-order valence-electron chi connectivity index (χ4n) is 4.62. The Hall–Kier alpha value is -4.93. The second-order valence-corrected chi connectivity index (χ2v) is 8.91. The number of aryl methyl sites for hydroxylation is 2. The van der Waals surface area contributed by atoms with E-state index < -0.39 is 5.91 Å². The maximum Gasteiger partial charge on any atom is 0.270 e. The Morgan fingerprint density at radius 1 is 1.05 bits per heavy atom. The minimum Gasteiger partial charge on any atom is -0.461 e. The molecule has 0 saturated heterocycles. The van der Waals surface area contributed by atoms with Crippen LogP contribution in [0.4, 0.5) is 0 Å². The highest BCUT2D eigenvalue weighted by molar-refractivity contribution is 5.97. The molecule has 1 aliphatic rings. The molecule has 3 aromatic heterocycles. The molecule has 184 valence electrons. The van der Waals surface area contributed by atoms with Gasteiger partial charge in [0.05, 0.1) is 6.04 Å². The van der Waals surface area contributed by atoms with Crippen LogP contribution < -0.4 is 10.6 Å². The third-order valence-corrected chi connectivity index (χ3v) is 6.42. The zero-order chi connectivity index (χ0) is 25.4. The number of rotatable bonds is 6. The minimum atomic E-state index is -0.396. The quantitative estimate of drug-likeness (QED) is 0.326. The van der Waals surface area contributed by atoms with Crippen LogP contribution >= 0.6 is 0 Å². The fourth-order valence-corrected chi connectivity index (χ4v) is 4.62. The molecule has 0 bridgehead atoms. The van der Waals surface area contributed by atoms with E-state index in [4.69, 9.17) is 4.42 Å². The Bertz CT molecular complexity index is 1630. The average molecular weight is 495 g/mol. The van der Waals surface area contributed by atoms with Crippen molar-refractivity contribution in [3.05, 3.63) is 88.7 Å². The SMILES string of the molecule is Cc1cc2ccc(CNC(=O)c3cc(C(=O)N[C@H]4CCc5cc(-c6nn[nH]n6)ccc54)ncn3)cc2o1. The number of carbonyl (C=O) groups is 2. The number of nitrogens with one attached hydrogen (secondary N) is 3. The lowest BCUT2D eigenvalue weighted by Crippen LogP contribution is -2.29. The monoisotopic (exact) mass is 494 g/mol. The lowest BCUT2D eigenvalue weighted by Gasteiger charge is -2.14. The lowest BCUT2D eigenvalue weighted by atomic mass is 10.0. The molecule has 3 heterocycles. The Morgan fingerprint density at radius 2 is 1.92 bits per heavy atom. The number of carbonyl (C=O) groups excluding carboxylic acids is 2. The third kappa shape index (κ3) is 4.54. The van der Waals surface area contributed by atoms with Crippen LogP contribution in [0.5, 0.6) is 0 Å². The first kappa shape index (κ1) is 22.5. The van der Waals surface area contributed by atoms with Crippen LogP contribution in [0.3, 0.4) is 0 Å². The molecule has 3 N–H and O–H groups in total. The minimum absolute atomic E-state index is 0.117. The molecule has 0 unspecified atom stereocenters. The van der Waals surface area contributed by atoms with Gasteiger partial charge in [-0.05, 0) is 59.9 Å². The van der Waals surface area contributed by atoms with E-state index in [1.54, 1.807) is 0 Å². The van der Waals surface area contributed by atoms with E-state index in [1.165, 1.54) is 12.4 Å². The van der Waals surface area contributed by atoms with Crippen LogP contribution in [0.2, 0.25) is 0 Å². The number of hydrogen-bond donors (Lipinski definition) is 3. The number of furan rings is 1. The Morgan fingerprint density at radius 3 is 2.76 bits per heavy atom. The number of hydrogen-bond acceptors (Lipinski definition) is 8.